The van der Waals surface area contributed by atoms with Gasteiger partial charge in [0.15, 0.2) is 0 Å². The average molecular weight is 306 g/mol. The second-order valence-electron chi connectivity index (χ2n) is 6.91. The molecular weight excluding hydrogens is 280 g/mol. The van der Waals surface area contributed by atoms with Crippen molar-refractivity contribution in [1.82, 2.24) is 15.1 Å². The Labute approximate surface area is 131 Å². The van der Waals surface area contributed by atoms with Gasteiger partial charge in [0.2, 0.25) is 0 Å². The first-order chi connectivity index (χ1) is 10.6. The van der Waals surface area contributed by atoms with Crippen molar-refractivity contribution in [1.29, 1.82) is 0 Å². The first kappa shape index (κ1) is 15.3. The molecule has 0 radical (unpaired) electrons. The highest BCUT2D eigenvalue weighted by molar-refractivity contribution is 5.88. The Morgan fingerprint density at radius 3 is 3.00 bits per heavy atom. The van der Waals surface area contributed by atoms with E-state index in [1.54, 1.807) is 6.20 Å². The van der Waals surface area contributed by atoms with Crippen LogP contribution in [0.5, 0.6) is 0 Å². The molecule has 0 spiro atoms. The summed E-state index contributed by atoms with van der Waals surface area (Å²) in [5.41, 5.74) is 0.994. The van der Waals surface area contributed by atoms with Crippen LogP contribution in [0.2, 0.25) is 0 Å². The van der Waals surface area contributed by atoms with E-state index in [4.69, 9.17) is 4.74 Å². The van der Waals surface area contributed by atoms with Crippen molar-refractivity contribution < 1.29 is 9.53 Å². The van der Waals surface area contributed by atoms with E-state index < -0.39 is 0 Å². The molecule has 1 aliphatic heterocycles. The molecule has 6 nitrogen and oxygen atoms in total. The number of hydrogen-bond acceptors (Lipinski definition) is 3. The largest absolute Gasteiger partial charge is 0.376 e. The molecule has 2 heterocycles. The van der Waals surface area contributed by atoms with E-state index >= 15 is 0 Å². The molecule has 0 bridgehead atoms. The topological polar surface area (TPSA) is 68.2 Å². The van der Waals surface area contributed by atoms with E-state index in [1.165, 1.54) is 25.7 Å². The molecule has 2 aliphatic rings. The summed E-state index contributed by atoms with van der Waals surface area (Å²) in [7, 11) is 0. The minimum absolute atomic E-state index is 0.148. The highest BCUT2D eigenvalue weighted by atomic mass is 16.5. The van der Waals surface area contributed by atoms with Crippen LogP contribution in [0, 0.1) is 5.41 Å². The zero-order valence-electron chi connectivity index (χ0n) is 13.3. The van der Waals surface area contributed by atoms with Gasteiger partial charge in [0.25, 0.3) is 0 Å². The third-order valence-corrected chi connectivity index (χ3v) is 4.79. The Kier molecular flexibility index (Phi) is 4.66. The number of rotatable bonds is 5. The van der Waals surface area contributed by atoms with Crippen LogP contribution < -0.4 is 10.6 Å². The van der Waals surface area contributed by atoms with Crippen LogP contribution in [0.3, 0.4) is 0 Å². The summed E-state index contributed by atoms with van der Waals surface area (Å²) in [5, 5.41) is 10.1. The van der Waals surface area contributed by atoms with Gasteiger partial charge in [-0.2, -0.15) is 5.10 Å². The van der Waals surface area contributed by atoms with Crippen LogP contribution in [-0.2, 0) is 11.3 Å². The van der Waals surface area contributed by atoms with E-state index in [1.807, 2.05) is 10.9 Å². The van der Waals surface area contributed by atoms with Gasteiger partial charge in [0.1, 0.15) is 0 Å². The molecule has 1 aromatic rings. The maximum atomic E-state index is 12.0. The molecule has 2 amide bonds. The summed E-state index contributed by atoms with van der Waals surface area (Å²) < 4.78 is 7.43. The van der Waals surface area contributed by atoms with Gasteiger partial charge in [-0.1, -0.05) is 19.8 Å². The Balaban J connectivity index is 1.44. The number of nitrogens with one attached hydrogen (secondary N) is 2. The summed E-state index contributed by atoms with van der Waals surface area (Å²) in [5.74, 6) is 0. The molecule has 2 fully saturated rings. The van der Waals surface area contributed by atoms with Crippen LogP contribution >= 0.6 is 0 Å². The van der Waals surface area contributed by atoms with E-state index in [2.05, 4.69) is 22.7 Å². The standard InChI is InChI=1S/C16H26N4O2/c1-16(6-2-3-7-16)12-17-15(21)19-13-9-18-20(10-13)11-14-5-4-8-22-14/h9-10,14H,2-8,11-12H2,1H3,(H2,17,19,21). The predicted molar refractivity (Wildman–Crippen MR) is 84.8 cm³/mol. The van der Waals surface area contributed by atoms with E-state index in [9.17, 15) is 4.79 Å². The van der Waals surface area contributed by atoms with Crippen LogP contribution in [0.15, 0.2) is 12.4 Å². The zero-order chi connectivity index (χ0) is 15.4. The average Bonchev–Trinajstić information content (AvgIpc) is 3.21. The number of aromatic nitrogens is 2. The minimum atomic E-state index is -0.148. The number of urea groups is 1. The molecular formula is C16H26N4O2. The van der Waals surface area contributed by atoms with Crippen LogP contribution in [0.25, 0.3) is 0 Å². The highest BCUT2D eigenvalue weighted by Gasteiger charge is 2.28. The van der Waals surface area contributed by atoms with E-state index in [0.717, 1.165) is 38.2 Å². The maximum Gasteiger partial charge on any atom is 0.319 e. The highest BCUT2D eigenvalue weighted by Crippen LogP contribution is 2.36. The summed E-state index contributed by atoms with van der Waals surface area (Å²) in [6, 6.07) is -0.148. The Bertz CT molecular complexity index is 502. The van der Waals surface area contributed by atoms with Crippen molar-refractivity contribution in [3.63, 3.8) is 0 Å². The lowest BCUT2D eigenvalue weighted by Gasteiger charge is -2.23. The Hall–Kier alpha value is -1.56. The third kappa shape index (κ3) is 4.00. The zero-order valence-corrected chi connectivity index (χ0v) is 13.3. The van der Waals surface area contributed by atoms with Crippen molar-refractivity contribution >= 4 is 11.7 Å². The number of amides is 2. The van der Waals surface area contributed by atoms with Crippen molar-refractivity contribution in [3.8, 4) is 0 Å². The molecule has 1 saturated heterocycles. The fourth-order valence-corrected chi connectivity index (χ4v) is 3.40. The maximum absolute atomic E-state index is 12.0. The lowest BCUT2D eigenvalue weighted by molar-refractivity contribution is 0.0940. The number of carbonyl (C=O) groups is 1. The van der Waals surface area contributed by atoms with Gasteiger partial charge in [-0.15, -0.1) is 0 Å². The Morgan fingerprint density at radius 1 is 1.45 bits per heavy atom. The van der Waals surface area contributed by atoms with Gasteiger partial charge < -0.3 is 15.4 Å². The van der Waals surface area contributed by atoms with E-state index in [-0.39, 0.29) is 17.6 Å². The minimum Gasteiger partial charge on any atom is -0.376 e. The number of hydrogen-bond donors (Lipinski definition) is 2. The second-order valence-corrected chi connectivity index (χ2v) is 6.91. The fourth-order valence-electron chi connectivity index (χ4n) is 3.40. The van der Waals surface area contributed by atoms with Gasteiger partial charge in [0.05, 0.1) is 24.5 Å². The first-order valence-corrected chi connectivity index (χ1v) is 8.32. The summed E-state index contributed by atoms with van der Waals surface area (Å²) >= 11 is 0. The molecule has 3 rings (SSSR count). The van der Waals surface area contributed by atoms with Crippen molar-refractivity contribution in [2.75, 3.05) is 18.5 Å². The first-order valence-electron chi connectivity index (χ1n) is 8.32. The molecule has 1 saturated carbocycles. The monoisotopic (exact) mass is 306 g/mol. The summed E-state index contributed by atoms with van der Waals surface area (Å²) in [6.45, 7) is 4.59. The molecule has 1 aromatic heterocycles. The lowest BCUT2D eigenvalue weighted by Crippen LogP contribution is -2.36. The predicted octanol–water partition coefficient (Wildman–Crippen LogP) is 2.76. The third-order valence-electron chi connectivity index (χ3n) is 4.79. The Morgan fingerprint density at radius 2 is 2.27 bits per heavy atom. The summed E-state index contributed by atoms with van der Waals surface area (Å²) in [6.07, 6.45) is 11.0. The van der Waals surface area contributed by atoms with Gasteiger partial charge >= 0.3 is 6.03 Å². The van der Waals surface area contributed by atoms with Crippen LogP contribution in [0.4, 0.5) is 10.5 Å². The molecule has 1 aliphatic carbocycles. The van der Waals surface area contributed by atoms with Gasteiger partial charge in [0, 0.05) is 19.3 Å². The number of nitrogens with zero attached hydrogens (tertiary/aromatic N) is 2. The van der Waals surface area contributed by atoms with Crippen LogP contribution in [0.1, 0.15) is 45.4 Å². The van der Waals surface area contributed by atoms with Crippen molar-refractivity contribution in [2.24, 2.45) is 5.41 Å². The lowest BCUT2D eigenvalue weighted by atomic mass is 9.89. The van der Waals surface area contributed by atoms with Crippen LogP contribution in [-0.4, -0.2) is 35.1 Å². The molecule has 1 unspecified atom stereocenters. The smallest absolute Gasteiger partial charge is 0.319 e. The van der Waals surface area contributed by atoms with Gasteiger partial charge in [-0.05, 0) is 31.1 Å². The quantitative estimate of drug-likeness (QED) is 0.879. The normalized spacial score (nSPS) is 23.6. The van der Waals surface area contributed by atoms with Gasteiger partial charge in [-0.25, -0.2) is 4.79 Å². The molecule has 0 aromatic carbocycles. The van der Waals surface area contributed by atoms with Crippen molar-refractivity contribution in [2.45, 2.75) is 58.1 Å². The molecule has 2 N–H and O–H groups in total. The molecule has 1 atom stereocenters. The van der Waals surface area contributed by atoms with Crippen molar-refractivity contribution in [3.05, 3.63) is 12.4 Å². The second kappa shape index (κ2) is 6.69. The van der Waals surface area contributed by atoms with E-state index in [0.29, 0.717) is 0 Å². The molecule has 22 heavy (non-hydrogen) atoms. The summed E-state index contributed by atoms with van der Waals surface area (Å²) in [4.78, 5) is 12.0. The molecule has 122 valence electrons. The number of anilines is 1. The van der Waals surface area contributed by atoms with Gasteiger partial charge in [-0.3, -0.25) is 4.68 Å². The number of carbonyl (C=O) groups excluding carboxylic acids is 1. The fraction of sp³-hybridized carbons (Fsp3) is 0.750. The SMILES string of the molecule is CC1(CNC(=O)Nc2cnn(CC3CCCO3)c2)CCCC1. The number of ether oxygens (including phenoxy) is 1. The molecule has 6 heteroatoms.